The second-order valence-electron chi connectivity index (χ2n) is 7.35. The van der Waals surface area contributed by atoms with Crippen molar-refractivity contribution < 1.29 is 9.59 Å². The Kier molecular flexibility index (Phi) is 9.20. The lowest BCUT2D eigenvalue weighted by atomic mass is 10.0. The molecule has 0 saturated carbocycles. The number of likely N-dealkylation sites (N-methyl/N-ethyl adjacent to an activating group) is 1. The maximum absolute atomic E-state index is 13.4. The fourth-order valence-electron chi connectivity index (χ4n) is 3.42. The van der Waals surface area contributed by atoms with Crippen molar-refractivity contribution in [3.8, 4) is 0 Å². The summed E-state index contributed by atoms with van der Waals surface area (Å²) in [5.74, 6) is -0.00242. The predicted molar refractivity (Wildman–Crippen MR) is 132 cm³/mol. The maximum Gasteiger partial charge on any atom is 0.243 e. The van der Waals surface area contributed by atoms with Gasteiger partial charge in [-0.2, -0.15) is 0 Å². The van der Waals surface area contributed by atoms with Crippen LogP contribution in [0.1, 0.15) is 18.1 Å². The van der Waals surface area contributed by atoms with Crippen molar-refractivity contribution in [1.82, 2.24) is 10.2 Å². The molecule has 2 amide bonds. The first kappa shape index (κ1) is 23.9. The first-order valence-corrected chi connectivity index (χ1v) is 12.0. The Morgan fingerprint density at radius 2 is 1.59 bits per heavy atom. The van der Waals surface area contributed by atoms with Crippen molar-refractivity contribution in [3.05, 3.63) is 101 Å². The van der Waals surface area contributed by atoms with E-state index >= 15 is 0 Å². The Morgan fingerprint density at radius 1 is 0.938 bits per heavy atom. The number of rotatable bonds is 10. The zero-order valence-corrected chi connectivity index (χ0v) is 19.6. The van der Waals surface area contributed by atoms with Gasteiger partial charge in [0, 0.05) is 29.4 Å². The summed E-state index contributed by atoms with van der Waals surface area (Å²) in [5, 5.41) is 3.51. The Morgan fingerprint density at radius 3 is 2.25 bits per heavy atom. The van der Waals surface area contributed by atoms with Crippen molar-refractivity contribution in [2.45, 2.75) is 30.8 Å². The quantitative estimate of drug-likeness (QED) is 0.417. The number of benzene rings is 3. The van der Waals surface area contributed by atoms with Crippen LogP contribution >= 0.6 is 23.4 Å². The Balaban J connectivity index is 1.88. The van der Waals surface area contributed by atoms with Crippen LogP contribution in [0.25, 0.3) is 0 Å². The van der Waals surface area contributed by atoms with Gasteiger partial charge in [0.15, 0.2) is 0 Å². The monoisotopic (exact) mass is 466 g/mol. The number of carbonyl (C=O) groups is 2. The minimum Gasteiger partial charge on any atom is -0.355 e. The summed E-state index contributed by atoms with van der Waals surface area (Å²) < 4.78 is 0. The van der Waals surface area contributed by atoms with Gasteiger partial charge in [0.1, 0.15) is 6.04 Å². The fraction of sp³-hybridized carbons (Fsp3) is 0.231. The zero-order chi connectivity index (χ0) is 22.8. The van der Waals surface area contributed by atoms with Gasteiger partial charge < -0.3 is 10.2 Å². The summed E-state index contributed by atoms with van der Waals surface area (Å²) in [5.41, 5.74) is 1.89. The molecular weight excluding hydrogens is 440 g/mol. The number of nitrogens with one attached hydrogen (secondary N) is 1. The van der Waals surface area contributed by atoms with Crippen LogP contribution in [0.2, 0.25) is 5.02 Å². The van der Waals surface area contributed by atoms with Crippen LogP contribution in [-0.4, -0.2) is 35.1 Å². The summed E-state index contributed by atoms with van der Waals surface area (Å²) in [6.45, 7) is 2.69. The van der Waals surface area contributed by atoms with E-state index in [0.29, 0.717) is 24.5 Å². The van der Waals surface area contributed by atoms with Crippen LogP contribution in [0.5, 0.6) is 0 Å². The average Bonchev–Trinajstić information content (AvgIpc) is 2.81. The summed E-state index contributed by atoms with van der Waals surface area (Å²) in [6.07, 6.45) is 0.439. The molecule has 0 heterocycles. The predicted octanol–water partition coefficient (Wildman–Crippen LogP) is 5.21. The van der Waals surface area contributed by atoms with Crippen molar-refractivity contribution in [3.63, 3.8) is 0 Å². The van der Waals surface area contributed by atoms with Gasteiger partial charge in [-0.25, -0.2) is 0 Å². The number of carbonyl (C=O) groups excluding carboxylic acids is 2. The van der Waals surface area contributed by atoms with Crippen LogP contribution < -0.4 is 5.32 Å². The average molecular weight is 467 g/mol. The lowest BCUT2D eigenvalue weighted by molar-refractivity contribution is -0.139. The van der Waals surface area contributed by atoms with E-state index in [-0.39, 0.29) is 17.6 Å². The van der Waals surface area contributed by atoms with Gasteiger partial charge in [-0.3, -0.25) is 9.59 Å². The van der Waals surface area contributed by atoms with Gasteiger partial charge in [-0.1, -0.05) is 72.3 Å². The summed E-state index contributed by atoms with van der Waals surface area (Å²) in [7, 11) is 0. The number of hydrogen-bond donors (Lipinski definition) is 1. The van der Waals surface area contributed by atoms with Crippen LogP contribution in [0.3, 0.4) is 0 Å². The van der Waals surface area contributed by atoms with E-state index in [1.54, 1.807) is 11.0 Å². The molecule has 0 aliphatic heterocycles. The summed E-state index contributed by atoms with van der Waals surface area (Å²) >= 11 is 7.65. The van der Waals surface area contributed by atoms with Crippen molar-refractivity contribution >= 4 is 35.2 Å². The normalized spacial score (nSPS) is 11.6. The molecule has 0 bridgehead atoms. The summed E-state index contributed by atoms with van der Waals surface area (Å²) in [4.78, 5) is 29.2. The largest absolute Gasteiger partial charge is 0.355 e. The maximum atomic E-state index is 13.4. The highest BCUT2D eigenvalue weighted by atomic mass is 35.5. The molecule has 6 heteroatoms. The van der Waals surface area contributed by atoms with Crippen molar-refractivity contribution in [2.75, 3.05) is 12.3 Å². The van der Waals surface area contributed by atoms with E-state index in [1.165, 1.54) is 11.8 Å². The highest BCUT2D eigenvalue weighted by molar-refractivity contribution is 8.00. The van der Waals surface area contributed by atoms with E-state index in [0.717, 1.165) is 16.0 Å². The minimum absolute atomic E-state index is 0.0917. The van der Waals surface area contributed by atoms with Gasteiger partial charge in [0.25, 0.3) is 0 Å². The van der Waals surface area contributed by atoms with Gasteiger partial charge in [0.05, 0.1) is 5.75 Å². The third-order valence-electron chi connectivity index (χ3n) is 4.97. The van der Waals surface area contributed by atoms with Crippen LogP contribution in [0.4, 0.5) is 0 Å². The molecule has 0 unspecified atom stereocenters. The first-order valence-electron chi connectivity index (χ1n) is 10.6. The number of hydrogen-bond acceptors (Lipinski definition) is 3. The highest BCUT2D eigenvalue weighted by Crippen LogP contribution is 2.21. The Labute approximate surface area is 199 Å². The molecule has 1 atom stereocenters. The topological polar surface area (TPSA) is 49.4 Å². The third kappa shape index (κ3) is 7.14. The molecule has 0 spiro atoms. The fourth-order valence-corrected chi connectivity index (χ4v) is 4.44. The van der Waals surface area contributed by atoms with Gasteiger partial charge in [-0.05, 0) is 42.3 Å². The number of thioether (sulfide) groups is 1. The Hall–Kier alpha value is -2.76. The molecule has 32 heavy (non-hydrogen) atoms. The number of nitrogens with zero attached hydrogens (tertiary/aromatic N) is 1. The van der Waals surface area contributed by atoms with Gasteiger partial charge in [0.2, 0.25) is 11.8 Å². The lowest BCUT2D eigenvalue weighted by Gasteiger charge is -2.31. The van der Waals surface area contributed by atoms with E-state index in [9.17, 15) is 9.59 Å². The standard InChI is InChI=1S/C26H27ClN2O2S/c1-2-28-26(31)24(17-20-10-5-3-6-11-20)29(18-21-12-9-13-22(27)16-21)25(30)19-32-23-14-7-4-8-15-23/h3-16,24H,2,17-19H2,1H3,(H,28,31)/t24-/m1/s1. The van der Waals surface area contributed by atoms with Gasteiger partial charge in [-0.15, -0.1) is 11.8 Å². The molecule has 0 saturated heterocycles. The molecular formula is C26H27ClN2O2S. The molecule has 3 rings (SSSR count). The first-order chi connectivity index (χ1) is 15.6. The van der Waals surface area contributed by atoms with E-state index in [1.807, 2.05) is 85.8 Å². The van der Waals surface area contributed by atoms with E-state index in [4.69, 9.17) is 11.6 Å². The molecule has 3 aromatic carbocycles. The van der Waals surface area contributed by atoms with Gasteiger partial charge >= 0.3 is 0 Å². The smallest absolute Gasteiger partial charge is 0.243 e. The SMILES string of the molecule is CCNC(=O)[C@@H](Cc1ccccc1)N(Cc1cccc(Cl)c1)C(=O)CSc1ccccc1. The molecule has 3 aromatic rings. The molecule has 1 N–H and O–H groups in total. The van der Waals surface area contributed by atoms with Crippen LogP contribution in [0, 0.1) is 0 Å². The van der Waals surface area contributed by atoms with E-state index in [2.05, 4.69) is 5.32 Å². The van der Waals surface area contributed by atoms with E-state index < -0.39 is 6.04 Å². The third-order valence-corrected chi connectivity index (χ3v) is 6.20. The van der Waals surface area contributed by atoms with Crippen molar-refractivity contribution in [1.29, 1.82) is 0 Å². The molecule has 166 valence electrons. The molecule has 0 aliphatic carbocycles. The van der Waals surface area contributed by atoms with Crippen LogP contribution in [0.15, 0.2) is 89.8 Å². The molecule has 0 aromatic heterocycles. The highest BCUT2D eigenvalue weighted by Gasteiger charge is 2.30. The molecule has 0 fully saturated rings. The lowest BCUT2D eigenvalue weighted by Crippen LogP contribution is -2.51. The Bertz CT molecular complexity index is 1010. The summed E-state index contributed by atoms with van der Waals surface area (Å²) in [6, 6.07) is 26.4. The molecule has 0 radical (unpaired) electrons. The molecule has 4 nitrogen and oxygen atoms in total. The minimum atomic E-state index is -0.625. The second-order valence-corrected chi connectivity index (χ2v) is 8.84. The zero-order valence-electron chi connectivity index (χ0n) is 18.0. The molecule has 0 aliphatic rings. The second kappa shape index (κ2) is 12.3. The number of amides is 2. The van der Waals surface area contributed by atoms with Crippen LogP contribution in [-0.2, 0) is 22.6 Å². The van der Waals surface area contributed by atoms with Crippen molar-refractivity contribution in [2.24, 2.45) is 0 Å². The number of halogens is 1.